The molecule has 7 heteroatoms. The van der Waals surface area contributed by atoms with E-state index < -0.39 is 5.97 Å². The zero-order valence-electron chi connectivity index (χ0n) is 14.3. The largest absolute Gasteiger partial charge is 0.480 e. The topological polar surface area (TPSA) is 95.5 Å². The Morgan fingerprint density at radius 1 is 1.19 bits per heavy atom. The van der Waals surface area contributed by atoms with Crippen molar-refractivity contribution in [3.05, 3.63) is 51.7 Å². The highest BCUT2D eigenvalue weighted by atomic mass is 32.1. The number of thiophene rings is 1. The summed E-state index contributed by atoms with van der Waals surface area (Å²) < 4.78 is 0. The van der Waals surface area contributed by atoms with Gasteiger partial charge >= 0.3 is 5.97 Å². The third kappa shape index (κ3) is 4.49. The molecular weight excluding hydrogens is 352 g/mol. The van der Waals surface area contributed by atoms with Crippen molar-refractivity contribution >= 4 is 34.8 Å². The summed E-state index contributed by atoms with van der Waals surface area (Å²) in [7, 11) is 0. The molecule has 1 aromatic carbocycles. The molecular formula is C19H20N2O4S. The molecule has 0 spiro atoms. The van der Waals surface area contributed by atoms with Crippen molar-refractivity contribution in [3.8, 4) is 0 Å². The second kappa shape index (κ2) is 7.70. The van der Waals surface area contributed by atoms with E-state index in [2.05, 4.69) is 29.0 Å². The molecule has 1 aliphatic carbocycles. The van der Waals surface area contributed by atoms with E-state index in [1.54, 1.807) is 35.6 Å². The molecule has 3 N–H and O–H groups in total. The third-order valence-electron chi connectivity index (χ3n) is 4.39. The number of carbonyl (C=O) groups excluding carboxylic acids is 2. The highest BCUT2D eigenvalue weighted by Gasteiger charge is 2.45. The average Bonchev–Trinajstić information content (AvgIpc) is 3.29. The quantitative estimate of drug-likeness (QED) is 0.696. The molecule has 2 unspecified atom stereocenters. The Bertz CT molecular complexity index is 828. The fourth-order valence-corrected chi connectivity index (χ4v) is 4.01. The Balaban J connectivity index is 1.50. The standard InChI is InChI=1S/C19H20N2O4S/c1-11-6-7-26-18(11)14-9-15(14)19(25)21-13-4-2-12(3-5-13)8-16(22)20-10-17(23)24/h2-7,14-15H,8-10H2,1H3,(H,20,22)(H,21,25)(H,23,24). The number of anilines is 1. The molecule has 1 saturated carbocycles. The number of aryl methyl sites for hydroxylation is 1. The summed E-state index contributed by atoms with van der Waals surface area (Å²) in [6, 6.07) is 9.10. The summed E-state index contributed by atoms with van der Waals surface area (Å²) in [5.41, 5.74) is 2.70. The fraction of sp³-hybridized carbons (Fsp3) is 0.316. The van der Waals surface area contributed by atoms with Gasteiger partial charge in [0.15, 0.2) is 0 Å². The molecule has 0 bridgehead atoms. The lowest BCUT2D eigenvalue weighted by molar-refractivity contribution is -0.137. The van der Waals surface area contributed by atoms with Crippen LogP contribution >= 0.6 is 11.3 Å². The number of carbonyl (C=O) groups is 3. The summed E-state index contributed by atoms with van der Waals surface area (Å²) in [6.07, 6.45) is 0.985. The Hall–Kier alpha value is -2.67. The van der Waals surface area contributed by atoms with Crippen molar-refractivity contribution in [1.82, 2.24) is 5.32 Å². The lowest BCUT2D eigenvalue weighted by atomic mass is 10.1. The average molecular weight is 372 g/mol. The van der Waals surface area contributed by atoms with Crippen LogP contribution in [-0.4, -0.2) is 29.4 Å². The molecule has 2 aromatic rings. The van der Waals surface area contributed by atoms with Gasteiger partial charge in [-0.05, 0) is 48.1 Å². The second-order valence-corrected chi connectivity index (χ2v) is 7.40. The van der Waals surface area contributed by atoms with Crippen molar-refractivity contribution in [2.45, 2.75) is 25.7 Å². The van der Waals surface area contributed by atoms with E-state index >= 15 is 0 Å². The molecule has 1 heterocycles. The van der Waals surface area contributed by atoms with Crippen LogP contribution in [0.1, 0.15) is 28.3 Å². The first kappa shape index (κ1) is 18.1. The number of benzene rings is 1. The smallest absolute Gasteiger partial charge is 0.322 e. The predicted molar refractivity (Wildman–Crippen MR) is 99.3 cm³/mol. The van der Waals surface area contributed by atoms with Crippen LogP contribution in [-0.2, 0) is 20.8 Å². The Morgan fingerprint density at radius 3 is 2.54 bits per heavy atom. The second-order valence-electron chi connectivity index (χ2n) is 6.45. The van der Waals surface area contributed by atoms with Gasteiger partial charge in [-0.25, -0.2) is 0 Å². The van der Waals surface area contributed by atoms with Crippen molar-refractivity contribution in [2.75, 3.05) is 11.9 Å². The maximum absolute atomic E-state index is 12.4. The normalized spacial score (nSPS) is 18.2. The van der Waals surface area contributed by atoms with Crippen LogP contribution in [0.5, 0.6) is 0 Å². The van der Waals surface area contributed by atoms with E-state index in [4.69, 9.17) is 5.11 Å². The lowest BCUT2D eigenvalue weighted by Crippen LogP contribution is -2.30. The van der Waals surface area contributed by atoms with Gasteiger partial charge in [-0.1, -0.05) is 12.1 Å². The van der Waals surface area contributed by atoms with Crippen LogP contribution in [0.4, 0.5) is 5.69 Å². The van der Waals surface area contributed by atoms with Gasteiger partial charge in [-0.2, -0.15) is 0 Å². The number of nitrogens with one attached hydrogen (secondary N) is 2. The summed E-state index contributed by atoms with van der Waals surface area (Å²) in [6.45, 7) is 1.68. The molecule has 3 rings (SSSR count). The number of hydrogen-bond donors (Lipinski definition) is 3. The maximum Gasteiger partial charge on any atom is 0.322 e. The van der Waals surface area contributed by atoms with Crippen molar-refractivity contribution in [2.24, 2.45) is 5.92 Å². The minimum atomic E-state index is -1.08. The van der Waals surface area contributed by atoms with Crippen LogP contribution < -0.4 is 10.6 Å². The summed E-state index contributed by atoms with van der Waals surface area (Å²) in [5, 5.41) is 15.8. The number of amides is 2. The number of carboxylic acid groups (broad SMARTS) is 1. The van der Waals surface area contributed by atoms with Crippen LogP contribution in [0.2, 0.25) is 0 Å². The molecule has 1 aliphatic rings. The predicted octanol–water partition coefficient (Wildman–Crippen LogP) is 2.54. The zero-order valence-corrected chi connectivity index (χ0v) is 15.1. The van der Waals surface area contributed by atoms with Gasteiger partial charge in [0.25, 0.3) is 0 Å². The van der Waals surface area contributed by atoms with Crippen LogP contribution in [0.3, 0.4) is 0 Å². The van der Waals surface area contributed by atoms with Gasteiger partial charge < -0.3 is 15.7 Å². The van der Waals surface area contributed by atoms with E-state index in [0.717, 1.165) is 12.0 Å². The molecule has 6 nitrogen and oxygen atoms in total. The first-order chi connectivity index (χ1) is 12.4. The monoisotopic (exact) mass is 372 g/mol. The molecule has 1 fully saturated rings. The van der Waals surface area contributed by atoms with E-state index in [9.17, 15) is 14.4 Å². The first-order valence-corrected chi connectivity index (χ1v) is 9.24. The SMILES string of the molecule is Cc1ccsc1C1CC1C(=O)Nc1ccc(CC(=O)NCC(=O)O)cc1. The number of aliphatic carboxylic acids is 1. The van der Waals surface area contributed by atoms with Gasteiger partial charge in [0.2, 0.25) is 11.8 Å². The van der Waals surface area contributed by atoms with Gasteiger partial charge in [-0.15, -0.1) is 11.3 Å². The molecule has 2 atom stereocenters. The Kier molecular flexibility index (Phi) is 5.37. The number of hydrogen-bond acceptors (Lipinski definition) is 4. The van der Waals surface area contributed by atoms with Crippen LogP contribution in [0.25, 0.3) is 0 Å². The minimum Gasteiger partial charge on any atom is -0.480 e. The van der Waals surface area contributed by atoms with E-state index in [1.165, 1.54) is 10.4 Å². The number of rotatable bonds is 7. The molecule has 26 heavy (non-hydrogen) atoms. The maximum atomic E-state index is 12.4. The van der Waals surface area contributed by atoms with Gasteiger partial charge in [-0.3, -0.25) is 14.4 Å². The molecule has 136 valence electrons. The van der Waals surface area contributed by atoms with E-state index in [1.807, 2.05) is 0 Å². The zero-order chi connectivity index (χ0) is 18.7. The first-order valence-electron chi connectivity index (χ1n) is 8.36. The Morgan fingerprint density at radius 2 is 1.92 bits per heavy atom. The van der Waals surface area contributed by atoms with Crippen LogP contribution in [0.15, 0.2) is 35.7 Å². The molecule has 0 saturated heterocycles. The summed E-state index contributed by atoms with van der Waals surface area (Å²) in [4.78, 5) is 35.7. The highest BCUT2D eigenvalue weighted by Crippen LogP contribution is 2.50. The molecule has 1 aromatic heterocycles. The van der Waals surface area contributed by atoms with Crippen molar-refractivity contribution in [3.63, 3.8) is 0 Å². The molecule has 0 aliphatic heterocycles. The van der Waals surface area contributed by atoms with Gasteiger partial charge in [0.1, 0.15) is 6.54 Å². The lowest BCUT2D eigenvalue weighted by Gasteiger charge is -2.07. The van der Waals surface area contributed by atoms with Crippen molar-refractivity contribution < 1.29 is 19.5 Å². The van der Waals surface area contributed by atoms with E-state index in [0.29, 0.717) is 11.6 Å². The molecule has 0 radical (unpaired) electrons. The van der Waals surface area contributed by atoms with E-state index in [-0.39, 0.29) is 30.7 Å². The number of carboxylic acids is 1. The van der Waals surface area contributed by atoms with Crippen LogP contribution in [0, 0.1) is 12.8 Å². The Labute approximate surface area is 155 Å². The summed E-state index contributed by atoms with van der Waals surface area (Å²) >= 11 is 1.71. The summed E-state index contributed by atoms with van der Waals surface area (Å²) in [5.74, 6) is -1.06. The fourth-order valence-electron chi connectivity index (χ4n) is 2.90. The molecule has 2 amide bonds. The van der Waals surface area contributed by atoms with Gasteiger partial charge in [0, 0.05) is 22.4 Å². The third-order valence-corrected chi connectivity index (χ3v) is 5.54. The minimum absolute atomic E-state index is 0.0221. The highest BCUT2D eigenvalue weighted by molar-refractivity contribution is 7.10. The van der Waals surface area contributed by atoms with Crippen molar-refractivity contribution in [1.29, 1.82) is 0 Å². The van der Waals surface area contributed by atoms with Gasteiger partial charge in [0.05, 0.1) is 6.42 Å².